The van der Waals surface area contributed by atoms with Crippen LogP contribution in [0, 0.1) is 18.3 Å². The van der Waals surface area contributed by atoms with Gasteiger partial charge in [-0.1, -0.05) is 30.3 Å². The predicted octanol–water partition coefficient (Wildman–Crippen LogP) is 3.01. The summed E-state index contributed by atoms with van der Waals surface area (Å²) >= 11 is 0. The van der Waals surface area contributed by atoms with Gasteiger partial charge in [0, 0.05) is 48.2 Å². The fourth-order valence-electron chi connectivity index (χ4n) is 5.05. The molecule has 3 heterocycles. The number of cyclic esters (lactones) is 1. The zero-order valence-electron chi connectivity index (χ0n) is 19.5. The molecule has 1 amide bonds. The van der Waals surface area contributed by atoms with Crippen molar-refractivity contribution >= 4 is 22.6 Å². The lowest BCUT2D eigenvalue weighted by Gasteiger charge is -2.33. The SMILES string of the molecule is Cc1c(C(O)CN2CCC(NC(=O)c3ncc(C#N)c4ccccc34)CC2)ccc2c1COC2=O. The van der Waals surface area contributed by atoms with Crippen molar-refractivity contribution < 1.29 is 19.4 Å². The van der Waals surface area contributed by atoms with E-state index in [2.05, 4.69) is 21.3 Å². The molecular formula is C27H26N4O4. The first-order chi connectivity index (χ1) is 17.0. The highest BCUT2D eigenvalue weighted by atomic mass is 16.5. The summed E-state index contributed by atoms with van der Waals surface area (Å²) in [5, 5.41) is 24.7. The van der Waals surface area contributed by atoms with Gasteiger partial charge in [0.05, 0.1) is 17.2 Å². The molecule has 0 saturated carbocycles. The number of pyridine rings is 1. The van der Waals surface area contributed by atoms with Gasteiger partial charge in [0.1, 0.15) is 18.4 Å². The molecule has 2 aliphatic rings. The molecule has 5 rings (SSSR count). The van der Waals surface area contributed by atoms with Gasteiger partial charge in [0.2, 0.25) is 0 Å². The van der Waals surface area contributed by atoms with Crippen molar-refractivity contribution in [1.29, 1.82) is 5.26 Å². The first-order valence-corrected chi connectivity index (χ1v) is 11.7. The highest BCUT2D eigenvalue weighted by Crippen LogP contribution is 2.30. The van der Waals surface area contributed by atoms with Crippen LogP contribution < -0.4 is 5.32 Å². The lowest BCUT2D eigenvalue weighted by Crippen LogP contribution is -2.45. The van der Waals surface area contributed by atoms with Crippen LogP contribution in [0.1, 0.15) is 62.0 Å². The lowest BCUT2D eigenvalue weighted by atomic mass is 9.94. The summed E-state index contributed by atoms with van der Waals surface area (Å²) in [5.41, 5.74) is 3.94. The second-order valence-electron chi connectivity index (χ2n) is 9.12. The number of hydrogen-bond donors (Lipinski definition) is 2. The number of β-amino-alcohol motifs (C(OH)–C–C–N with tert-alkyl or cyclic N) is 1. The van der Waals surface area contributed by atoms with Crippen molar-refractivity contribution in [2.45, 2.75) is 38.5 Å². The number of aromatic nitrogens is 1. The first kappa shape index (κ1) is 23.0. The third-order valence-corrected chi connectivity index (χ3v) is 7.05. The number of rotatable bonds is 5. The summed E-state index contributed by atoms with van der Waals surface area (Å²) in [4.78, 5) is 31.2. The van der Waals surface area contributed by atoms with Gasteiger partial charge in [0.25, 0.3) is 5.91 Å². The highest BCUT2D eigenvalue weighted by Gasteiger charge is 2.28. The minimum Gasteiger partial charge on any atom is -0.457 e. The number of benzene rings is 2. The Labute approximate surface area is 203 Å². The van der Waals surface area contributed by atoms with Crippen molar-refractivity contribution in [3.63, 3.8) is 0 Å². The number of ether oxygens (including phenoxy) is 1. The van der Waals surface area contributed by atoms with Gasteiger partial charge in [-0.05, 0) is 37.0 Å². The summed E-state index contributed by atoms with van der Waals surface area (Å²) in [5.74, 6) is -0.549. The van der Waals surface area contributed by atoms with Crippen molar-refractivity contribution in [3.05, 3.63) is 76.1 Å². The first-order valence-electron chi connectivity index (χ1n) is 11.7. The second kappa shape index (κ2) is 9.45. The molecule has 8 heteroatoms. The molecule has 1 aromatic heterocycles. The van der Waals surface area contributed by atoms with Gasteiger partial charge in [-0.3, -0.25) is 4.79 Å². The Kier molecular flexibility index (Phi) is 6.20. The van der Waals surface area contributed by atoms with Crippen molar-refractivity contribution in [3.8, 4) is 6.07 Å². The van der Waals surface area contributed by atoms with E-state index in [1.807, 2.05) is 37.3 Å². The fraction of sp³-hybridized carbons (Fsp3) is 0.333. The molecule has 8 nitrogen and oxygen atoms in total. The maximum atomic E-state index is 13.0. The zero-order chi connectivity index (χ0) is 24.5. The zero-order valence-corrected chi connectivity index (χ0v) is 19.5. The monoisotopic (exact) mass is 470 g/mol. The molecule has 1 saturated heterocycles. The van der Waals surface area contributed by atoms with Crippen molar-refractivity contribution in [2.24, 2.45) is 0 Å². The van der Waals surface area contributed by atoms with E-state index < -0.39 is 6.10 Å². The predicted molar refractivity (Wildman–Crippen MR) is 129 cm³/mol. The standard InChI is InChI=1S/C27H26N4O4/c1-16-19(6-7-22-23(16)15-35-27(22)34)24(32)14-31-10-8-18(9-11-31)30-26(33)25-21-5-3-2-4-20(21)17(12-28)13-29-25/h2-7,13,18,24,32H,8-11,14-15H2,1H3,(H,30,33). The minimum atomic E-state index is -0.670. The quantitative estimate of drug-likeness (QED) is 0.551. The fourth-order valence-corrected chi connectivity index (χ4v) is 5.05. The summed E-state index contributed by atoms with van der Waals surface area (Å²) in [6.45, 7) is 4.15. The number of amides is 1. The van der Waals surface area contributed by atoms with E-state index in [0.29, 0.717) is 28.8 Å². The van der Waals surface area contributed by atoms with E-state index in [0.717, 1.165) is 48.0 Å². The molecule has 1 atom stereocenters. The third-order valence-electron chi connectivity index (χ3n) is 7.05. The van der Waals surface area contributed by atoms with E-state index in [-0.39, 0.29) is 24.5 Å². The van der Waals surface area contributed by atoms with Crippen LogP contribution in [0.25, 0.3) is 10.8 Å². The van der Waals surface area contributed by atoms with Gasteiger partial charge >= 0.3 is 5.97 Å². The van der Waals surface area contributed by atoms with Gasteiger partial charge in [-0.15, -0.1) is 0 Å². The number of likely N-dealkylation sites (tertiary alicyclic amines) is 1. The maximum Gasteiger partial charge on any atom is 0.338 e. The maximum absolute atomic E-state index is 13.0. The van der Waals surface area contributed by atoms with Gasteiger partial charge in [-0.2, -0.15) is 5.26 Å². The molecule has 0 spiro atoms. The second-order valence-corrected chi connectivity index (χ2v) is 9.12. The lowest BCUT2D eigenvalue weighted by molar-refractivity contribution is 0.0534. The van der Waals surface area contributed by atoms with Crippen LogP contribution in [0.3, 0.4) is 0 Å². The summed E-state index contributed by atoms with van der Waals surface area (Å²) in [6.07, 6.45) is 2.30. The van der Waals surface area contributed by atoms with Gasteiger partial charge in [-0.25, -0.2) is 9.78 Å². The smallest absolute Gasteiger partial charge is 0.338 e. The third kappa shape index (κ3) is 4.36. The van der Waals surface area contributed by atoms with E-state index >= 15 is 0 Å². The summed E-state index contributed by atoms with van der Waals surface area (Å²) in [7, 11) is 0. The molecule has 3 aromatic rings. The van der Waals surface area contributed by atoms with Crippen LogP contribution in [-0.2, 0) is 11.3 Å². The molecular weight excluding hydrogens is 444 g/mol. The minimum absolute atomic E-state index is 0.0111. The Morgan fingerprint density at radius 3 is 2.74 bits per heavy atom. The average molecular weight is 471 g/mol. The Hall–Kier alpha value is -3.80. The van der Waals surface area contributed by atoms with E-state index in [9.17, 15) is 20.0 Å². The van der Waals surface area contributed by atoms with Crippen LogP contribution in [0.4, 0.5) is 0 Å². The van der Waals surface area contributed by atoms with Crippen molar-refractivity contribution in [1.82, 2.24) is 15.2 Å². The summed E-state index contributed by atoms with van der Waals surface area (Å²) < 4.78 is 5.12. The largest absolute Gasteiger partial charge is 0.457 e. The molecule has 2 aromatic carbocycles. The number of esters is 1. The summed E-state index contributed by atoms with van der Waals surface area (Å²) in [6, 6.07) is 13.0. The molecule has 1 unspecified atom stereocenters. The van der Waals surface area contributed by atoms with Gasteiger partial charge in [0.15, 0.2) is 0 Å². The Balaban J connectivity index is 1.20. The molecule has 178 valence electrons. The number of fused-ring (bicyclic) bond motifs is 2. The number of nitrogens with zero attached hydrogens (tertiary/aromatic N) is 3. The van der Waals surface area contributed by atoms with E-state index in [4.69, 9.17) is 4.74 Å². The van der Waals surface area contributed by atoms with E-state index in [1.54, 1.807) is 6.07 Å². The Morgan fingerprint density at radius 1 is 1.26 bits per heavy atom. The molecule has 0 radical (unpaired) electrons. The Bertz CT molecular complexity index is 1360. The molecule has 1 fully saturated rings. The molecule has 2 N–H and O–H groups in total. The van der Waals surface area contributed by atoms with Crippen molar-refractivity contribution in [2.75, 3.05) is 19.6 Å². The van der Waals surface area contributed by atoms with E-state index in [1.165, 1.54) is 6.20 Å². The number of carbonyl (C=O) groups is 2. The molecule has 0 aliphatic carbocycles. The average Bonchev–Trinajstić information content (AvgIpc) is 3.26. The number of piperidine rings is 1. The topological polar surface area (TPSA) is 116 Å². The van der Waals surface area contributed by atoms with Crippen LogP contribution in [0.15, 0.2) is 42.6 Å². The van der Waals surface area contributed by atoms with Crippen LogP contribution in [-0.4, -0.2) is 52.5 Å². The number of aliphatic hydroxyl groups is 1. The van der Waals surface area contributed by atoms with Crippen LogP contribution >= 0.6 is 0 Å². The van der Waals surface area contributed by atoms with Crippen LogP contribution in [0.5, 0.6) is 0 Å². The number of nitriles is 1. The molecule has 0 bridgehead atoms. The molecule has 35 heavy (non-hydrogen) atoms. The van der Waals surface area contributed by atoms with Crippen LogP contribution in [0.2, 0.25) is 0 Å². The Morgan fingerprint density at radius 2 is 2.00 bits per heavy atom. The number of carbonyl (C=O) groups excluding carboxylic acids is 2. The van der Waals surface area contributed by atoms with Gasteiger partial charge < -0.3 is 20.1 Å². The molecule has 2 aliphatic heterocycles. The highest BCUT2D eigenvalue weighted by molar-refractivity contribution is 6.06. The number of aliphatic hydroxyl groups excluding tert-OH is 1. The number of hydrogen-bond acceptors (Lipinski definition) is 7. The normalized spacial score (nSPS) is 17.0. The number of nitrogens with one attached hydrogen (secondary N) is 1.